The summed E-state index contributed by atoms with van der Waals surface area (Å²) < 4.78 is 5.44. The van der Waals surface area contributed by atoms with Crippen LogP contribution in [0, 0.1) is 11.3 Å². The highest BCUT2D eigenvalue weighted by Gasteiger charge is 2.48. The fourth-order valence-corrected chi connectivity index (χ4v) is 2.96. The molecule has 4 nitrogen and oxygen atoms in total. The summed E-state index contributed by atoms with van der Waals surface area (Å²) in [5, 5.41) is 3.10. The molecule has 16 heavy (non-hydrogen) atoms. The minimum absolute atomic E-state index is 0.135. The molecule has 92 valence electrons. The normalized spacial score (nSPS) is 42.8. The summed E-state index contributed by atoms with van der Waals surface area (Å²) in [4.78, 5) is 12.2. The minimum atomic E-state index is -0.290. The van der Waals surface area contributed by atoms with Crippen LogP contribution in [-0.2, 0) is 9.53 Å². The van der Waals surface area contributed by atoms with Crippen LogP contribution >= 0.6 is 0 Å². The summed E-state index contributed by atoms with van der Waals surface area (Å²) in [6, 6.07) is 0.173. The molecule has 3 N–H and O–H groups in total. The number of rotatable bonds is 3. The van der Waals surface area contributed by atoms with E-state index in [1.54, 1.807) is 0 Å². The predicted molar refractivity (Wildman–Crippen MR) is 61.8 cm³/mol. The Bertz CT molecular complexity index is 274. The van der Waals surface area contributed by atoms with Crippen LogP contribution in [0.25, 0.3) is 0 Å². The van der Waals surface area contributed by atoms with Crippen LogP contribution in [-0.4, -0.2) is 31.2 Å². The van der Waals surface area contributed by atoms with Crippen molar-refractivity contribution in [3.63, 3.8) is 0 Å². The Kier molecular flexibility index (Phi) is 3.22. The zero-order chi connectivity index (χ0) is 11.8. The van der Waals surface area contributed by atoms with Crippen molar-refractivity contribution in [3.8, 4) is 0 Å². The van der Waals surface area contributed by atoms with E-state index in [9.17, 15) is 4.79 Å². The molecule has 2 rings (SSSR count). The van der Waals surface area contributed by atoms with Gasteiger partial charge in [-0.3, -0.25) is 4.79 Å². The van der Waals surface area contributed by atoms with Gasteiger partial charge in [0, 0.05) is 13.2 Å². The molecule has 0 aromatic carbocycles. The Morgan fingerprint density at radius 1 is 1.50 bits per heavy atom. The maximum Gasteiger partial charge on any atom is 0.227 e. The predicted octanol–water partition coefficient (Wildman–Crippen LogP) is 0.655. The van der Waals surface area contributed by atoms with E-state index < -0.39 is 0 Å². The molecule has 0 bridgehead atoms. The summed E-state index contributed by atoms with van der Waals surface area (Å²) in [5.74, 6) is 0.766. The molecule has 1 heterocycles. The van der Waals surface area contributed by atoms with Gasteiger partial charge in [-0.1, -0.05) is 6.92 Å². The molecule has 1 saturated heterocycles. The summed E-state index contributed by atoms with van der Waals surface area (Å²) in [5.41, 5.74) is 5.46. The first-order valence-electron chi connectivity index (χ1n) is 6.20. The summed E-state index contributed by atoms with van der Waals surface area (Å²) in [7, 11) is 0. The summed E-state index contributed by atoms with van der Waals surface area (Å²) in [6.07, 6.45) is 2.91. The van der Waals surface area contributed by atoms with E-state index in [0.29, 0.717) is 12.5 Å². The van der Waals surface area contributed by atoms with Gasteiger partial charge in [0.1, 0.15) is 0 Å². The first kappa shape index (κ1) is 11.9. The zero-order valence-electron chi connectivity index (χ0n) is 10.2. The number of hydrogen-bond acceptors (Lipinski definition) is 3. The molecule has 1 aliphatic carbocycles. The monoisotopic (exact) mass is 226 g/mol. The van der Waals surface area contributed by atoms with Gasteiger partial charge in [-0.15, -0.1) is 0 Å². The molecule has 1 aliphatic heterocycles. The number of hydrogen-bond donors (Lipinski definition) is 2. The second kappa shape index (κ2) is 4.34. The number of amides is 1. The Morgan fingerprint density at radius 3 is 2.62 bits per heavy atom. The quantitative estimate of drug-likeness (QED) is 0.743. The number of nitrogens with two attached hydrogens (primary N) is 1. The summed E-state index contributed by atoms with van der Waals surface area (Å²) >= 11 is 0. The highest BCUT2D eigenvalue weighted by atomic mass is 16.5. The van der Waals surface area contributed by atoms with Gasteiger partial charge in [0.15, 0.2) is 0 Å². The molecular weight excluding hydrogens is 204 g/mol. The van der Waals surface area contributed by atoms with Crippen LogP contribution in [0.1, 0.15) is 33.1 Å². The average molecular weight is 226 g/mol. The average Bonchev–Trinajstić information content (AvgIpc) is 2.59. The Labute approximate surface area is 96.9 Å². The van der Waals surface area contributed by atoms with Crippen molar-refractivity contribution in [1.29, 1.82) is 0 Å². The van der Waals surface area contributed by atoms with Gasteiger partial charge in [0.25, 0.3) is 0 Å². The second-order valence-electron chi connectivity index (χ2n) is 5.44. The Morgan fingerprint density at radius 2 is 2.19 bits per heavy atom. The van der Waals surface area contributed by atoms with Crippen LogP contribution < -0.4 is 11.1 Å². The van der Waals surface area contributed by atoms with E-state index in [1.165, 1.54) is 0 Å². The lowest BCUT2D eigenvalue weighted by Crippen LogP contribution is -2.56. The zero-order valence-corrected chi connectivity index (χ0v) is 10.2. The van der Waals surface area contributed by atoms with Gasteiger partial charge in [-0.05, 0) is 32.1 Å². The van der Waals surface area contributed by atoms with E-state index in [0.717, 1.165) is 25.9 Å². The SMILES string of the molecule is CC1CC(CN)(C(=O)NC2CCOC2C)C1. The Balaban J connectivity index is 1.92. The first-order valence-corrected chi connectivity index (χ1v) is 6.20. The van der Waals surface area contributed by atoms with Crippen LogP contribution in [0.15, 0.2) is 0 Å². The van der Waals surface area contributed by atoms with Crippen molar-refractivity contribution in [2.24, 2.45) is 17.1 Å². The van der Waals surface area contributed by atoms with Gasteiger partial charge < -0.3 is 15.8 Å². The van der Waals surface area contributed by atoms with Crippen molar-refractivity contribution in [2.75, 3.05) is 13.2 Å². The molecule has 2 unspecified atom stereocenters. The lowest BCUT2D eigenvalue weighted by molar-refractivity contribution is -0.139. The molecular formula is C12H22N2O2. The van der Waals surface area contributed by atoms with Crippen molar-refractivity contribution in [3.05, 3.63) is 0 Å². The molecule has 2 aliphatic rings. The molecule has 4 heteroatoms. The molecule has 1 saturated carbocycles. The van der Waals surface area contributed by atoms with E-state index in [4.69, 9.17) is 10.5 Å². The van der Waals surface area contributed by atoms with Crippen molar-refractivity contribution < 1.29 is 9.53 Å². The third-order valence-electron chi connectivity index (χ3n) is 4.04. The molecule has 0 aromatic heterocycles. The molecule has 1 amide bonds. The van der Waals surface area contributed by atoms with Crippen LogP contribution in [0.5, 0.6) is 0 Å². The highest BCUT2D eigenvalue weighted by molar-refractivity contribution is 5.84. The highest BCUT2D eigenvalue weighted by Crippen LogP contribution is 2.44. The lowest BCUT2D eigenvalue weighted by Gasteiger charge is -2.44. The largest absolute Gasteiger partial charge is 0.376 e. The number of carbonyl (C=O) groups excluding carboxylic acids is 1. The topological polar surface area (TPSA) is 64.4 Å². The number of carbonyl (C=O) groups is 1. The number of nitrogens with one attached hydrogen (secondary N) is 1. The molecule has 0 radical (unpaired) electrons. The molecule has 2 atom stereocenters. The molecule has 0 spiro atoms. The fraction of sp³-hybridized carbons (Fsp3) is 0.917. The van der Waals surface area contributed by atoms with E-state index in [-0.39, 0.29) is 23.5 Å². The van der Waals surface area contributed by atoms with Crippen molar-refractivity contribution in [2.45, 2.75) is 45.3 Å². The standard InChI is InChI=1S/C12H22N2O2/c1-8-5-12(6-8,7-13)11(15)14-10-3-4-16-9(10)2/h8-10H,3-7,13H2,1-2H3,(H,14,15). The number of ether oxygens (including phenoxy) is 1. The molecule has 2 fully saturated rings. The van der Waals surface area contributed by atoms with E-state index >= 15 is 0 Å². The van der Waals surface area contributed by atoms with Crippen LogP contribution in [0.4, 0.5) is 0 Å². The van der Waals surface area contributed by atoms with Gasteiger partial charge in [-0.25, -0.2) is 0 Å². The van der Waals surface area contributed by atoms with E-state index in [1.807, 2.05) is 6.92 Å². The lowest BCUT2D eigenvalue weighted by atomic mass is 9.62. The second-order valence-corrected chi connectivity index (χ2v) is 5.44. The first-order chi connectivity index (χ1) is 7.57. The van der Waals surface area contributed by atoms with Gasteiger partial charge in [-0.2, -0.15) is 0 Å². The van der Waals surface area contributed by atoms with Crippen LogP contribution in [0.3, 0.4) is 0 Å². The maximum atomic E-state index is 12.2. The van der Waals surface area contributed by atoms with Crippen molar-refractivity contribution in [1.82, 2.24) is 5.32 Å². The Hall–Kier alpha value is -0.610. The summed E-state index contributed by atoms with van der Waals surface area (Å²) in [6.45, 7) is 5.39. The fourth-order valence-electron chi connectivity index (χ4n) is 2.96. The van der Waals surface area contributed by atoms with E-state index in [2.05, 4.69) is 12.2 Å². The smallest absolute Gasteiger partial charge is 0.227 e. The third kappa shape index (κ3) is 1.96. The van der Waals surface area contributed by atoms with Crippen molar-refractivity contribution >= 4 is 5.91 Å². The van der Waals surface area contributed by atoms with Crippen LogP contribution in [0.2, 0.25) is 0 Å². The van der Waals surface area contributed by atoms with Gasteiger partial charge in [0.2, 0.25) is 5.91 Å². The third-order valence-corrected chi connectivity index (χ3v) is 4.04. The molecule has 0 aromatic rings. The van der Waals surface area contributed by atoms with Gasteiger partial charge >= 0.3 is 0 Å². The maximum absolute atomic E-state index is 12.2. The minimum Gasteiger partial charge on any atom is -0.376 e. The van der Waals surface area contributed by atoms with Gasteiger partial charge in [0.05, 0.1) is 17.6 Å².